The maximum absolute atomic E-state index is 16.4. The molecular weight excluding hydrogens is 582 g/mol. The highest BCUT2D eigenvalue weighted by Gasteiger charge is 2.36. The first-order valence-electron chi connectivity index (χ1n) is 13.3. The Morgan fingerprint density at radius 2 is 1.22 bits per heavy atom. The van der Waals surface area contributed by atoms with Gasteiger partial charge in [0, 0.05) is 18.9 Å². The number of aromatic nitrogens is 6. The van der Waals surface area contributed by atoms with Crippen LogP contribution in [-0.4, -0.2) is 48.2 Å². The highest BCUT2D eigenvalue weighted by atomic mass is 32.1. The number of alkyl halides is 1. The van der Waals surface area contributed by atoms with E-state index < -0.39 is 18.5 Å². The molecule has 0 spiro atoms. The molecule has 1 fully saturated rings. The van der Waals surface area contributed by atoms with E-state index in [0.717, 1.165) is 39.5 Å². The number of halogens is 1. The number of hydrogen-bond donors (Lipinski definition) is 3. The monoisotopic (exact) mass is 607 g/mol. The van der Waals surface area contributed by atoms with Crippen molar-refractivity contribution in [1.29, 1.82) is 0 Å². The zero-order chi connectivity index (χ0) is 28.1. The Balaban J connectivity index is 1.24. The number of para-hydroxylation sites is 6. The number of nitrogens with zero attached hydrogens (tertiary/aromatic N) is 4. The number of imidazole rings is 3. The van der Waals surface area contributed by atoms with Crippen LogP contribution in [0.4, 0.5) is 4.39 Å². The van der Waals surface area contributed by atoms with Crippen LogP contribution in [0.25, 0.3) is 33.1 Å². The van der Waals surface area contributed by atoms with Crippen molar-refractivity contribution in [1.82, 2.24) is 29.1 Å². The maximum atomic E-state index is 16.4. The van der Waals surface area contributed by atoms with Gasteiger partial charge in [-0.25, -0.2) is 9.07 Å². The van der Waals surface area contributed by atoms with Gasteiger partial charge in [0.15, 0.2) is 11.1 Å². The number of nitrogens with one attached hydrogen (secondary N) is 3. The van der Waals surface area contributed by atoms with E-state index in [9.17, 15) is 0 Å². The topological polar surface area (TPSA) is 83.9 Å². The predicted octanol–water partition coefficient (Wildman–Crippen LogP) is 6.34. The molecule has 0 aliphatic carbocycles. The molecule has 1 aliphatic heterocycles. The van der Waals surface area contributed by atoms with Crippen LogP contribution in [0, 0.1) is 20.2 Å². The molecule has 2 unspecified atom stereocenters. The average molecular weight is 608 g/mol. The molecule has 3 aromatic carbocycles. The second-order valence-corrected chi connectivity index (χ2v) is 11.2. The summed E-state index contributed by atoms with van der Waals surface area (Å²) in [5, 5.41) is 1.70. The van der Waals surface area contributed by atoms with E-state index in [-0.39, 0.29) is 6.42 Å². The summed E-state index contributed by atoms with van der Waals surface area (Å²) in [6.45, 7) is 0.529. The van der Waals surface area contributed by atoms with Gasteiger partial charge in [0.1, 0.15) is 11.0 Å². The van der Waals surface area contributed by atoms with Crippen molar-refractivity contribution < 1.29 is 14.1 Å². The van der Waals surface area contributed by atoms with Gasteiger partial charge in [-0.2, -0.15) is 0 Å². The summed E-state index contributed by atoms with van der Waals surface area (Å²) < 4.78 is 22.4. The van der Waals surface area contributed by atoms with E-state index in [1.54, 1.807) is 9.69 Å². The third-order valence-electron chi connectivity index (χ3n) is 7.50. The van der Waals surface area contributed by atoms with Gasteiger partial charge in [0.2, 0.25) is 9.54 Å². The number of aromatic amines is 3. The Kier molecular flexibility index (Phi) is 6.64. The molecule has 0 amide bonds. The van der Waals surface area contributed by atoms with Crippen LogP contribution in [0.1, 0.15) is 19.3 Å². The van der Waals surface area contributed by atoms with Crippen molar-refractivity contribution in [2.45, 2.75) is 31.8 Å². The van der Waals surface area contributed by atoms with Crippen LogP contribution in [0.5, 0.6) is 0 Å². The number of rotatable bonds is 7. The molecule has 4 heterocycles. The average Bonchev–Trinajstić information content (AvgIpc) is 3.59. The summed E-state index contributed by atoms with van der Waals surface area (Å²) in [6.07, 6.45) is -0.606. The molecule has 210 valence electrons. The lowest BCUT2D eigenvalue weighted by Gasteiger charge is -2.39. The Bertz CT molecular complexity index is 1960. The lowest BCUT2D eigenvalue weighted by Crippen LogP contribution is -2.51. The summed E-state index contributed by atoms with van der Waals surface area (Å²) in [5.74, 6) is -0.428. The van der Waals surface area contributed by atoms with Crippen molar-refractivity contribution in [2.24, 2.45) is 5.92 Å². The zero-order valence-corrected chi connectivity index (χ0v) is 24.1. The molecule has 3 N–H and O–H groups in total. The smallest absolute Gasteiger partial charge is 0.286 e. The molecule has 0 bridgehead atoms. The summed E-state index contributed by atoms with van der Waals surface area (Å²) in [7, 11) is 0. The number of hydrogen-bond acceptors (Lipinski definition) is 6. The van der Waals surface area contributed by atoms with Crippen LogP contribution in [0.2, 0.25) is 0 Å². The van der Waals surface area contributed by atoms with E-state index in [4.69, 9.17) is 46.3 Å². The van der Waals surface area contributed by atoms with Crippen molar-refractivity contribution in [3.05, 3.63) is 87.1 Å². The predicted molar refractivity (Wildman–Crippen MR) is 164 cm³/mol. The molecular formula is C28H26FN7O2S3. The third-order valence-corrected chi connectivity index (χ3v) is 8.31. The van der Waals surface area contributed by atoms with Crippen LogP contribution < -0.4 is 14.7 Å². The fourth-order valence-electron chi connectivity index (χ4n) is 5.62. The van der Waals surface area contributed by atoms with E-state index in [2.05, 4.69) is 15.0 Å². The fourth-order valence-corrected chi connectivity index (χ4v) is 6.43. The van der Waals surface area contributed by atoms with Crippen LogP contribution in [0.15, 0.2) is 72.8 Å². The molecule has 13 heteroatoms. The molecule has 0 saturated carbocycles. The fraction of sp³-hybridized carbons (Fsp3) is 0.250. The largest absolute Gasteiger partial charge is 0.364 e. The van der Waals surface area contributed by atoms with E-state index in [1.807, 2.05) is 72.8 Å². The minimum absolute atomic E-state index is 0.232. The highest BCUT2D eigenvalue weighted by Crippen LogP contribution is 2.30. The lowest BCUT2D eigenvalue weighted by molar-refractivity contribution is -0.158. The molecule has 9 nitrogen and oxygen atoms in total. The number of H-pyrrole nitrogens is 3. The van der Waals surface area contributed by atoms with Gasteiger partial charge in [-0.05, 0) is 85.9 Å². The standard InChI is InChI=1S/C28H26FN7O2S3/c29-25-17(8-7-15-33(25)34-21-12-4-1-9-18(21)30-26(34)39)16-24(37-35-22-13-5-2-10-19(22)31-27(35)40)38-36-23-14-6-3-11-20(23)32-28(36)41/h1-6,9-14,17,24-25H,7-8,15-16H2,(H,30,39)(H,31,40)(H,32,41). The number of benzene rings is 3. The molecule has 6 aromatic rings. The molecule has 7 rings (SSSR count). The van der Waals surface area contributed by atoms with Gasteiger partial charge < -0.3 is 24.6 Å². The SMILES string of the molecule is FC1C(CC(On2c(=S)[nH]c3ccccc32)On2c(=S)[nH]c3ccccc32)CCCN1n1c(=S)[nH]c2ccccc21. The molecule has 1 aliphatic rings. The van der Waals surface area contributed by atoms with Crippen LogP contribution in [-0.2, 0) is 0 Å². The molecule has 41 heavy (non-hydrogen) atoms. The van der Waals surface area contributed by atoms with Gasteiger partial charge in [-0.3, -0.25) is 5.01 Å². The Morgan fingerprint density at radius 3 is 1.80 bits per heavy atom. The first kappa shape index (κ1) is 26.0. The minimum Gasteiger partial charge on any atom is -0.364 e. The van der Waals surface area contributed by atoms with Crippen molar-refractivity contribution >= 4 is 69.8 Å². The van der Waals surface area contributed by atoms with Crippen molar-refractivity contribution in [3.8, 4) is 0 Å². The maximum Gasteiger partial charge on any atom is 0.286 e. The van der Waals surface area contributed by atoms with Crippen LogP contribution in [0.3, 0.4) is 0 Å². The normalized spacial score (nSPS) is 17.7. The van der Waals surface area contributed by atoms with E-state index in [0.29, 0.717) is 27.3 Å². The van der Waals surface area contributed by atoms with Crippen molar-refractivity contribution in [2.75, 3.05) is 11.6 Å². The Morgan fingerprint density at radius 1 is 0.732 bits per heavy atom. The Hall–Kier alpha value is -3.94. The lowest BCUT2D eigenvalue weighted by atomic mass is 9.94. The minimum atomic E-state index is -1.34. The second-order valence-electron chi connectivity index (χ2n) is 10.1. The summed E-state index contributed by atoms with van der Waals surface area (Å²) >= 11 is 16.7. The van der Waals surface area contributed by atoms with Crippen molar-refractivity contribution in [3.63, 3.8) is 0 Å². The summed E-state index contributed by atoms with van der Waals surface area (Å²) in [6, 6.07) is 23.0. The summed E-state index contributed by atoms with van der Waals surface area (Å²) in [5.41, 5.74) is 4.84. The Labute approximate surface area is 248 Å². The van der Waals surface area contributed by atoms with Gasteiger partial charge >= 0.3 is 0 Å². The van der Waals surface area contributed by atoms with Crippen LogP contribution >= 0.6 is 36.7 Å². The molecule has 1 saturated heterocycles. The van der Waals surface area contributed by atoms with Gasteiger partial charge in [-0.1, -0.05) is 36.4 Å². The van der Waals surface area contributed by atoms with E-state index >= 15 is 4.39 Å². The van der Waals surface area contributed by atoms with Gasteiger partial charge in [0.05, 0.1) is 22.1 Å². The second kappa shape index (κ2) is 10.5. The molecule has 2 atom stereocenters. The van der Waals surface area contributed by atoms with Gasteiger partial charge in [-0.15, -0.1) is 9.46 Å². The third kappa shape index (κ3) is 4.63. The number of piperidine rings is 1. The quantitative estimate of drug-likeness (QED) is 0.112. The first-order chi connectivity index (χ1) is 20.0. The van der Waals surface area contributed by atoms with Gasteiger partial charge in [0.25, 0.3) is 6.29 Å². The molecule has 0 radical (unpaired) electrons. The highest BCUT2D eigenvalue weighted by molar-refractivity contribution is 7.71. The van der Waals surface area contributed by atoms with E-state index in [1.165, 1.54) is 9.46 Å². The molecule has 3 aromatic heterocycles. The first-order valence-corrected chi connectivity index (χ1v) is 14.5. The number of fused-ring (bicyclic) bond motifs is 3. The summed E-state index contributed by atoms with van der Waals surface area (Å²) in [4.78, 5) is 22.3. The zero-order valence-electron chi connectivity index (χ0n) is 21.7.